The Morgan fingerprint density at radius 3 is 2.83 bits per heavy atom. The standard InChI is InChI=1S/C16H24N2/c1-2-18(16-8-9-17-11-16)12-13-4-3-5-15(10-13)14-6-7-14/h3-5,10,14,16-17H,2,6-9,11-12H2,1H3. The van der Waals surface area contributed by atoms with Crippen LogP contribution in [0.1, 0.15) is 43.2 Å². The van der Waals surface area contributed by atoms with Gasteiger partial charge >= 0.3 is 0 Å². The van der Waals surface area contributed by atoms with Crippen molar-refractivity contribution in [1.82, 2.24) is 10.2 Å². The highest BCUT2D eigenvalue weighted by Gasteiger charge is 2.24. The van der Waals surface area contributed by atoms with Crippen LogP contribution in [0.15, 0.2) is 24.3 Å². The second kappa shape index (κ2) is 5.41. The maximum atomic E-state index is 3.47. The van der Waals surface area contributed by atoms with E-state index in [2.05, 4.69) is 41.4 Å². The third-order valence-electron chi connectivity index (χ3n) is 4.34. The molecule has 2 aliphatic rings. The lowest BCUT2D eigenvalue weighted by atomic mass is 10.1. The molecule has 0 radical (unpaired) electrons. The van der Waals surface area contributed by atoms with Crippen LogP contribution in [0.25, 0.3) is 0 Å². The van der Waals surface area contributed by atoms with Gasteiger partial charge in [-0.05, 0) is 49.4 Å². The van der Waals surface area contributed by atoms with Gasteiger partial charge in [0, 0.05) is 19.1 Å². The van der Waals surface area contributed by atoms with E-state index in [0.29, 0.717) is 0 Å². The lowest BCUT2D eigenvalue weighted by molar-refractivity contribution is 0.210. The SMILES string of the molecule is CCN(Cc1cccc(C2CC2)c1)C1CCNC1. The van der Waals surface area contributed by atoms with Crippen LogP contribution in [0.5, 0.6) is 0 Å². The zero-order valence-electron chi connectivity index (χ0n) is 11.4. The fourth-order valence-corrected chi connectivity index (χ4v) is 3.05. The highest BCUT2D eigenvalue weighted by molar-refractivity contribution is 5.29. The molecule has 1 unspecified atom stereocenters. The van der Waals surface area contributed by atoms with Crippen molar-refractivity contribution in [2.24, 2.45) is 0 Å². The van der Waals surface area contributed by atoms with Crippen LogP contribution in [-0.2, 0) is 6.54 Å². The number of likely N-dealkylation sites (N-methyl/N-ethyl adjacent to an activating group) is 1. The molecule has 0 aromatic heterocycles. The Hall–Kier alpha value is -0.860. The minimum Gasteiger partial charge on any atom is -0.315 e. The first-order valence-corrected chi connectivity index (χ1v) is 7.40. The van der Waals surface area contributed by atoms with Crippen molar-refractivity contribution in [3.05, 3.63) is 35.4 Å². The molecule has 1 saturated carbocycles. The molecule has 2 heteroatoms. The predicted molar refractivity (Wildman–Crippen MR) is 75.8 cm³/mol. The van der Waals surface area contributed by atoms with E-state index in [0.717, 1.165) is 31.6 Å². The molecular formula is C16H24N2. The Morgan fingerprint density at radius 2 is 2.17 bits per heavy atom. The van der Waals surface area contributed by atoms with Gasteiger partial charge in [-0.2, -0.15) is 0 Å². The average Bonchev–Trinajstić information content (AvgIpc) is 3.12. The Balaban J connectivity index is 1.67. The smallest absolute Gasteiger partial charge is 0.0237 e. The minimum atomic E-state index is 0.736. The maximum Gasteiger partial charge on any atom is 0.0237 e. The van der Waals surface area contributed by atoms with Gasteiger partial charge in [0.15, 0.2) is 0 Å². The van der Waals surface area contributed by atoms with Crippen molar-refractivity contribution in [2.45, 2.75) is 44.7 Å². The average molecular weight is 244 g/mol. The first-order chi connectivity index (χ1) is 8.86. The quantitative estimate of drug-likeness (QED) is 0.857. The number of hydrogen-bond acceptors (Lipinski definition) is 2. The highest BCUT2D eigenvalue weighted by atomic mass is 15.2. The van der Waals surface area contributed by atoms with Gasteiger partial charge in [0.1, 0.15) is 0 Å². The highest BCUT2D eigenvalue weighted by Crippen LogP contribution is 2.40. The summed E-state index contributed by atoms with van der Waals surface area (Å²) >= 11 is 0. The first kappa shape index (κ1) is 12.2. The van der Waals surface area contributed by atoms with Crippen LogP contribution in [0, 0.1) is 0 Å². The van der Waals surface area contributed by atoms with Crippen molar-refractivity contribution in [3.8, 4) is 0 Å². The Labute approximate surface area is 110 Å². The molecule has 1 N–H and O–H groups in total. The van der Waals surface area contributed by atoms with Crippen LogP contribution < -0.4 is 5.32 Å². The number of rotatable bonds is 5. The van der Waals surface area contributed by atoms with E-state index < -0.39 is 0 Å². The van der Waals surface area contributed by atoms with E-state index in [-0.39, 0.29) is 0 Å². The fourth-order valence-electron chi connectivity index (χ4n) is 3.05. The van der Waals surface area contributed by atoms with Crippen LogP contribution >= 0.6 is 0 Å². The molecule has 98 valence electrons. The van der Waals surface area contributed by atoms with E-state index in [9.17, 15) is 0 Å². The van der Waals surface area contributed by atoms with Crippen LogP contribution in [0.4, 0.5) is 0 Å². The molecule has 1 saturated heterocycles. The monoisotopic (exact) mass is 244 g/mol. The van der Waals surface area contributed by atoms with Gasteiger partial charge in [0.25, 0.3) is 0 Å². The molecule has 18 heavy (non-hydrogen) atoms. The molecule has 1 heterocycles. The van der Waals surface area contributed by atoms with E-state index in [1.807, 2.05) is 0 Å². The van der Waals surface area contributed by atoms with Gasteiger partial charge in [-0.3, -0.25) is 4.90 Å². The van der Waals surface area contributed by atoms with Crippen molar-refractivity contribution in [1.29, 1.82) is 0 Å². The van der Waals surface area contributed by atoms with Crippen molar-refractivity contribution < 1.29 is 0 Å². The molecule has 1 aromatic carbocycles. The van der Waals surface area contributed by atoms with Gasteiger partial charge in [0.2, 0.25) is 0 Å². The minimum absolute atomic E-state index is 0.736. The second-order valence-electron chi connectivity index (χ2n) is 5.73. The molecule has 0 bridgehead atoms. The van der Waals surface area contributed by atoms with Gasteiger partial charge < -0.3 is 5.32 Å². The molecule has 3 rings (SSSR count). The molecule has 1 aliphatic carbocycles. The zero-order chi connectivity index (χ0) is 12.4. The summed E-state index contributed by atoms with van der Waals surface area (Å²) in [6, 6.07) is 10.00. The number of benzene rings is 1. The van der Waals surface area contributed by atoms with E-state index in [4.69, 9.17) is 0 Å². The summed E-state index contributed by atoms with van der Waals surface area (Å²) in [5, 5.41) is 3.47. The van der Waals surface area contributed by atoms with Gasteiger partial charge in [-0.15, -0.1) is 0 Å². The summed E-state index contributed by atoms with van der Waals surface area (Å²) in [4.78, 5) is 2.62. The van der Waals surface area contributed by atoms with Crippen molar-refractivity contribution in [2.75, 3.05) is 19.6 Å². The van der Waals surface area contributed by atoms with Crippen LogP contribution in [0.2, 0.25) is 0 Å². The lowest BCUT2D eigenvalue weighted by Crippen LogP contribution is -2.36. The van der Waals surface area contributed by atoms with E-state index in [1.54, 1.807) is 5.56 Å². The van der Waals surface area contributed by atoms with Crippen molar-refractivity contribution in [3.63, 3.8) is 0 Å². The van der Waals surface area contributed by atoms with Crippen LogP contribution in [0.3, 0.4) is 0 Å². The molecule has 0 amide bonds. The molecule has 1 aliphatic heterocycles. The lowest BCUT2D eigenvalue weighted by Gasteiger charge is -2.27. The summed E-state index contributed by atoms with van der Waals surface area (Å²) in [5.41, 5.74) is 3.06. The number of nitrogens with zero attached hydrogens (tertiary/aromatic N) is 1. The molecule has 2 nitrogen and oxygen atoms in total. The van der Waals surface area contributed by atoms with Crippen molar-refractivity contribution >= 4 is 0 Å². The Bertz CT molecular complexity index is 392. The summed E-state index contributed by atoms with van der Waals surface area (Å²) < 4.78 is 0. The van der Waals surface area contributed by atoms with Crippen LogP contribution in [-0.4, -0.2) is 30.6 Å². The van der Waals surface area contributed by atoms with Gasteiger partial charge in [-0.1, -0.05) is 31.2 Å². The largest absolute Gasteiger partial charge is 0.315 e. The molecule has 2 fully saturated rings. The predicted octanol–water partition coefficient (Wildman–Crippen LogP) is 2.75. The molecule has 1 aromatic rings. The molecule has 1 atom stereocenters. The van der Waals surface area contributed by atoms with E-state index in [1.165, 1.54) is 31.4 Å². The normalized spacial score (nSPS) is 23.8. The second-order valence-corrected chi connectivity index (χ2v) is 5.73. The summed E-state index contributed by atoms with van der Waals surface area (Å²) in [5.74, 6) is 0.869. The topological polar surface area (TPSA) is 15.3 Å². The molecule has 0 spiro atoms. The summed E-state index contributed by atoms with van der Waals surface area (Å²) in [6.07, 6.45) is 4.09. The Morgan fingerprint density at radius 1 is 1.28 bits per heavy atom. The van der Waals surface area contributed by atoms with E-state index >= 15 is 0 Å². The Kier molecular flexibility index (Phi) is 3.67. The van der Waals surface area contributed by atoms with Gasteiger partial charge in [-0.25, -0.2) is 0 Å². The first-order valence-electron chi connectivity index (χ1n) is 7.40. The number of hydrogen-bond donors (Lipinski definition) is 1. The third kappa shape index (κ3) is 2.76. The zero-order valence-corrected chi connectivity index (χ0v) is 11.4. The number of nitrogens with one attached hydrogen (secondary N) is 1. The molecular weight excluding hydrogens is 220 g/mol. The fraction of sp³-hybridized carbons (Fsp3) is 0.625. The third-order valence-corrected chi connectivity index (χ3v) is 4.34. The summed E-state index contributed by atoms with van der Waals surface area (Å²) in [7, 11) is 0. The van der Waals surface area contributed by atoms with Gasteiger partial charge in [0.05, 0.1) is 0 Å². The summed E-state index contributed by atoms with van der Waals surface area (Å²) in [6.45, 7) is 6.89. The maximum absolute atomic E-state index is 3.47.